The van der Waals surface area contributed by atoms with Gasteiger partial charge in [-0.2, -0.15) is 0 Å². The molecule has 1 aliphatic carbocycles. The maximum atomic E-state index is 12.9. The van der Waals surface area contributed by atoms with Crippen LogP contribution in [0.15, 0.2) is 24.3 Å². The number of alkyl halides is 2. The maximum Gasteiger partial charge on any atom is 0.249 e. The second-order valence-electron chi connectivity index (χ2n) is 6.54. The van der Waals surface area contributed by atoms with Crippen LogP contribution in [0.1, 0.15) is 24.8 Å². The number of rotatable bonds is 1. The predicted octanol–water partition coefficient (Wildman–Crippen LogP) is 2.59. The lowest BCUT2D eigenvalue weighted by Crippen LogP contribution is -2.47. The molecule has 1 amide bonds. The second kappa shape index (κ2) is 4.18. The van der Waals surface area contributed by atoms with Gasteiger partial charge in [-0.15, -0.1) is 0 Å². The summed E-state index contributed by atoms with van der Waals surface area (Å²) in [5.41, 5.74) is 1.01. The average Bonchev–Trinajstić information content (AvgIpc) is 3.02. The van der Waals surface area contributed by atoms with Crippen LogP contribution < -0.4 is 4.74 Å². The molecule has 4 rings (SSSR count). The molecule has 3 nitrogen and oxygen atoms in total. The Bertz CT molecular complexity index is 596. The van der Waals surface area contributed by atoms with Crippen molar-refractivity contribution in [3.05, 3.63) is 29.8 Å². The first kappa shape index (κ1) is 13.0. The van der Waals surface area contributed by atoms with Crippen molar-refractivity contribution in [2.75, 3.05) is 19.7 Å². The van der Waals surface area contributed by atoms with E-state index in [1.165, 1.54) is 0 Å². The fourth-order valence-corrected chi connectivity index (χ4v) is 3.82. The number of ether oxygens (including phenoxy) is 1. The molecule has 1 aromatic rings. The number of carbonyl (C=O) groups excluding carboxylic acids is 1. The Balaban J connectivity index is 1.50. The smallest absolute Gasteiger partial charge is 0.249 e. The van der Waals surface area contributed by atoms with Gasteiger partial charge in [0, 0.05) is 37.4 Å². The summed E-state index contributed by atoms with van der Waals surface area (Å²) in [6.07, 6.45) is 0.268. The summed E-state index contributed by atoms with van der Waals surface area (Å²) in [7, 11) is 0. The van der Waals surface area contributed by atoms with Gasteiger partial charge < -0.3 is 9.64 Å². The number of para-hydroxylation sites is 1. The minimum Gasteiger partial charge on any atom is -0.492 e. The lowest BCUT2D eigenvalue weighted by Gasteiger charge is -2.36. The van der Waals surface area contributed by atoms with E-state index in [0.717, 1.165) is 17.7 Å². The number of hydrogen-bond donors (Lipinski definition) is 0. The molecular formula is C16H17F2NO2. The van der Waals surface area contributed by atoms with Crippen molar-refractivity contribution in [2.24, 2.45) is 5.92 Å². The lowest BCUT2D eigenvalue weighted by atomic mass is 9.80. The Morgan fingerprint density at radius 3 is 2.81 bits per heavy atom. The molecule has 21 heavy (non-hydrogen) atoms. The minimum atomic E-state index is -2.64. The van der Waals surface area contributed by atoms with E-state index in [0.29, 0.717) is 19.7 Å². The van der Waals surface area contributed by atoms with Gasteiger partial charge in [0.05, 0.1) is 12.0 Å². The van der Waals surface area contributed by atoms with Crippen molar-refractivity contribution in [1.29, 1.82) is 0 Å². The number of carbonyl (C=O) groups is 1. The highest BCUT2D eigenvalue weighted by Crippen LogP contribution is 2.47. The predicted molar refractivity (Wildman–Crippen MR) is 72.5 cm³/mol. The van der Waals surface area contributed by atoms with Crippen LogP contribution in [0.4, 0.5) is 8.78 Å². The van der Waals surface area contributed by atoms with Crippen LogP contribution in [0.25, 0.3) is 0 Å². The van der Waals surface area contributed by atoms with E-state index in [1.54, 1.807) is 4.90 Å². The van der Waals surface area contributed by atoms with Crippen LogP contribution in [0.2, 0.25) is 0 Å². The van der Waals surface area contributed by atoms with Gasteiger partial charge in [-0.25, -0.2) is 8.78 Å². The van der Waals surface area contributed by atoms with Gasteiger partial charge in [-0.3, -0.25) is 4.79 Å². The molecule has 1 atom stereocenters. The molecule has 3 aliphatic rings. The highest BCUT2D eigenvalue weighted by Gasteiger charge is 2.53. The van der Waals surface area contributed by atoms with Crippen molar-refractivity contribution in [2.45, 2.75) is 30.6 Å². The molecule has 2 fully saturated rings. The van der Waals surface area contributed by atoms with Crippen molar-refractivity contribution < 1.29 is 18.3 Å². The zero-order valence-corrected chi connectivity index (χ0v) is 11.6. The van der Waals surface area contributed by atoms with Crippen molar-refractivity contribution in [3.63, 3.8) is 0 Å². The van der Waals surface area contributed by atoms with E-state index >= 15 is 0 Å². The Morgan fingerprint density at radius 1 is 1.29 bits per heavy atom. The van der Waals surface area contributed by atoms with Gasteiger partial charge in [0.1, 0.15) is 5.75 Å². The molecule has 112 valence electrons. The first-order chi connectivity index (χ1) is 9.99. The summed E-state index contributed by atoms with van der Waals surface area (Å²) < 4.78 is 31.6. The summed E-state index contributed by atoms with van der Waals surface area (Å²) in [6, 6.07) is 7.91. The van der Waals surface area contributed by atoms with Crippen LogP contribution in [0, 0.1) is 5.92 Å². The van der Waals surface area contributed by atoms with Crippen LogP contribution in [-0.2, 0) is 10.2 Å². The largest absolute Gasteiger partial charge is 0.492 e. The van der Waals surface area contributed by atoms with Gasteiger partial charge in [0.15, 0.2) is 0 Å². The lowest BCUT2D eigenvalue weighted by molar-refractivity contribution is -0.159. The van der Waals surface area contributed by atoms with Crippen molar-refractivity contribution in [3.8, 4) is 5.75 Å². The summed E-state index contributed by atoms with van der Waals surface area (Å²) >= 11 is 0. The fraction of sp³-hybridized carbons (Fsp3) is 0.562. The molecule has 1 aromatic carbocycles. The molecule has 1 saturated carbocycles. The van der Waals surface area contributed by atoms with E-state index in [4.69, 9.17) is 4.74 Å². The standard InChI is InChI=1S/C16H17F2NO2/c17-16(18)7-11(8-16)14(20)19-6-5-15(9-19)10-21-13-4-2-1-3-12(13)15/h1-4,11H,5-10H2. The Labute approximate surface area is 121 Å². The van der Waals surface area contributed by atoms with E-state index in [2.05, 4.69) is 0 Å². The van der Waals surface area contributed by atoms with Gasteiger partial charge in [0.2, 0.25) is 11.8 Å². The normalized spacial score (nSPS) is 30.1. The summed E-state index contributed by atoms with van der Waals surface area (Å²) in [6.45, 7) is 1.81. The van der Waals surface area contributed by atoms with E-state index < -0.39 is 11.8 Å². The molecule has 2 aliphatic heterocycles. The SMILES string of the molecule is O=C(C1CC(F)(F)C1)N1CCC2(COc3ccccc32)C1. The van der Waals surface area contributed by atoms with Crippen molar-refractivity contribution >= 4 is 5.91 Å². The third-order valence-corrected chi connectivity index (χ3v) is 5.07. The summed E-state index contributed by atoms with van der Waals surface area (Å²) in [5.74, 6) is -2.35. The average molecular weight is 293 g/mol. The summed E-state index contributed by atoms with van der Waals surface area (Å²) in [5, 5.41) is 0. The Hall–Kier alpha value is -1.65. The monoisotopic (exact) mass is 293 g/mol. The number of halogens is 2. The number of nitrogens with zero attached hydrogens (tertiary/aromatic N) is 1. The molecule has 0 bridgehead atoms. The number of hydrogen-bond acceptors (Lipinski definition) is 2. The Morgan fingerprint density at radius 2 is 2.05 bits per heavy atom. The van der Waals surface area contributed by atoms with Gasteiger partial charge in [-0.05, 0) is 12.5 Å². The molecule has 1 unspecified atom stereocenters. The molecule has 5 heteroatoms. The van der Waals surface area contributed by atoms with Gasteiger partial charge in [0.25, 0.3) is 0 Å². The number of likely N-dealkylation sites (tertiary alicyclic amines) is 1. The van der Waals surface area contributed by atoms with Gasteiger partial charge >= 0.3 is 0 Å². The van der Waals surface area contributed by atoms with Crippen LogP contribution in [-0.4, -0.2) is 36.4 Å². The third-order valence-electron chi connectivity index (χ3n) is 5.07. The molecule has 0 radical (unpaired) electrons. The van der Waals surface area contributed by atoms with E-state index in [-0.39, 0.29) is 24.2 Å². The van der Waals surface area contributed by atoms with E-state index in [1.807, 2.05) is 24.3 Å². The maximum absolute atomic E-state index is 12.9. The minimum absolute atomic E-state index is 0.109. The highest BCUT2D eigenvalue weighted by atomic mass is 19.3. The molecular weight excluding hydrogens is 276 g/mol. The zero-order valence-electron chi connectivity index (χ0n) is 11.6. The quantitative estimate of drug-likeness (QED) is 0.796. The molecule has 1 saturated heterocycles. The van der Waals surface area contributed by atoms with E-state index in [9.17, 15) is 13.6 Å². The topological polar surface area (TPSA) is 29.5 Å². The number of fused-ring (bicyclic) bond motifs is 2. The summed E-state index contributed by atoms with van der Waals surface area (Å²) in [4.78, 5) is 14.1. The highest BCUT2D eigenvalue weighted by molar-refractivity contribution is 5.80. The first-order valence-electron chi connectivity index (χ1n) is 7.38. The Kier molecular flexibility index (Phi) is 2.60. The molecule has 2 heterocycles. The second-order valence-corrected chi connectivity index (χ2v) is 6.54. The van der Waals surface area contributed by atoms with Crippen LogP contribution >= 0.6 is 0 Å². The number of benzene rings is 1. The number of amides is 1. The zero-order chi connectivity index (χ0) is 14.7. The molecule has 0 aromatic heterocycles. The van der Waals surface area contributed by atoms with Gasteiger partial charge in [-0.1, -0.05) is 18.2 Å². The molecule has 1 spiro atoms. The van der Waals surface area contributed by atoms with Crippen molar-refractivity contribution in [1.82, 2.24) is 4.90 Å². The fourth-order valence-electron chi connectivity index (χ4n) is 3.82. The van der Waals surface area contributed by atoms with Crippen LogP contribution in [0.5, 0.6) is 5.75 Å². The molecule has 0 N–H and O–H groups in total. The first-order valence-corrected chi connectivity index (χ1v) is 7.38. The third kappa shape index (κ3) is 1.93. The van der Waals surface area contributed by atoms with Crippen LogP contribution in [0.3, 0.4) is 0 Å².